The third kappa shape index (κ3) is 4.06. The summed E-state index contributed by atoms with van der Waals surface area (Å²) in [6.07, 6.45) is 5.66. The topological polar surface area (TPSA) is 87.7 Å². The second-order valence-corrected chi connectivity index (χ2v) is 9.87. The third-order valence-electron chi connectivity index (χ3n) is 5.94. The number of likely N-dealkylation sites (tertiary alicyclic amines) is 1. The zero-order valence-electron chi connectivity index (χ0n) is 15.6. The van der Waals surface area contributed by atoms with Crippen LogP contribution in [0.1, 0.15) is 31.2 Å². The number of nitrogens with zero attached hydrogens (tertiary/aromatic N) is 1. The molecule has 1 spiro atoms. The van der Waals surface area contributed by atoms with Crippen LogP contribution in [0, 0.1) is 11.3 Å². The Morgan fingerprint density at radius 2 is 2.04 bits per heavy atom. The Hall–Kier alpha value is -1.80. The predicted octanol–water partition coefficient (Wildman–Crippen LogP) is 2.16. The summed E-state index contributed by atoms with van der Waals surface area (Å²) >= 11 is 0. The van der Waals surface area contributed by atoms with Crippen LogP contribution in [0.5, 0.6) is 0 Å². The molecule has 2 saturated heterocycles. The van der Waals surface area contributed by atoms with E-state index < -0.39 is 10.0 Å². The lowest BCUT2D eigenvalue weighted by molar-refractivity contribution is -0.117. The molecule has 8 heteroatoms. The Kier molecular flexibility index (Phi) is 4.80. The van der Waals surface area contributed by atoms with Crippen molar-refractivity contribution >= 4 is 21.7 Å². The SMILES string of the molecule is CS(=O)(=O)Nc1cccc(CNC(=O)N2CC3(CCOCC3)C2C2CC2)c1. The van der Waals surface area contributed by atoms with Gasteiger partial charge in [0, 0.05) is 43.4 Å². The van der Waals surface area contributed by atoms with Gasteiger partial charge in [0.2, 0.25) is 10.0 Å². The number of carbonyl (C=O) groups is 1. The molecule has 0 bridgehead atoms. The number of carbonyl (C=O) groups excluding carboxylic acids is 1. The maximum Gasteiger partial charge on any atom is 0.317 e. The summed E-state index contributed by atoms with van der Waals surface area (Å²) < 4.78 is 30.7. The van der Waals surface area contributed by atoms with Crippen LogP contribution in [-0.4, -0.2) is 51.4 Å². The lowest BCUT2D eigenvalue weighted by Gasteiger charge is -2.59. The molecule has 1 atom stereocenters. The van der Waals surface area contributed by atoms with Gasteiger partial charge in [-0.15, -0.1) is 0 Å². The van der Waals surface area contributed by atoms with Crippen molar-refractivity contribution in [1.82, 2.24) is 10.2 Å². The number of nitrogens with one attached hydrogen (secondary N) is 2. The highest BCUT2D eigenvalue weighted by molar-refractivity contribution is 7.92. The molecule has 0 radical (unpaired) electrons. The Balaban J connectivity index is 1.36. The number of anilines is 1. The molecule has 27 heavy (non-hydrogen) atoms. The molecular weight excluding hydrogens is 366 g/mol. The molecule has 3 fully saturated rings. The Labute approximate surface area is 160 Å². The van der Waals surface area contributed by atoms with Crippen molar-refractivity contribution in [2.45, 2.75) is 38.3 Å². The van der Waals surface area contributed by atoms with Gasteiger partial charge in [0.1, 0.15) is 0 Å². The minimum Gasteiger partial charge on any atom is -0.381 e. The van der Waals surface area contributed by atoms with Crippen LogP contribution in [0.4, 0.5) is 10.5 Å². The van der Waals surface area contributed by atoms with E-state index in [1.807, 2.05) is 11.0 Å². The average molecular weight is 394 g/mol. The van der Waals surface area contributed by atoms with E-state index in [-0.39, 0.29) is 11.4 Å². The van der Waals surface area contributed by atoms with Crippen molar-refractivity contribution in [2.75, 3.05) is 30.7 Å². The number of sulfonamides is 1. The maximum absolute atomic E-state index is 12.8. The van der Waals surface area contributed by atoms with Crippen LogP contribution in [0.25, 0.3) is 0 Å². The van der Waals surface area contributed by atoms with Crippen molar-refractivity contribution in [3.05, 3.63) is 29.8 Å². The van der Waals surface area contributed by atoms with E-state index in [0.29, 0.717) is 24.2 Å². The van der Waals surface area contributed by atoms with Crippen LogP contribution >= 0.6 is 0 Å². The Bertz CT molecular complexity index is 816. The van der Waals surface area contributed by atoms with Gasteiger partial charge >= 0.3 is 6.03 Å². The van der Waals surface area contributed by atoms with E-state index in [0.717, 1.165) is 44.4 Å². The molecular formula is C19H27N3O4S. The number of benzene rings is 1. The zero-order valence-corrected chi connectivity index (χ0v) is 16.4. The fourth-order valence-electron chi connectivity index (χ4n) is 4.58. The molecule has 1 aliphatic carbocycles. The summed E-state index contributed by atoms with van der Waals surface area (Å²) in [5.41, 5.74) is 1.63. The molecule has 1 aromatic rings. The van der Waals surface area contributed by atoms with Gasteiger partial charge in [0.25, 0.3) is 0 Å². The van der Waals surface area contributed by atoms with Gasteiger partial charge in [0.05, 0.1) is 6.26 Å². The van der Waals surface area contributed by atoms with Crippen LogP contribution in [0.3, 0.4) is 0 Å². The number of amides is 2. The fourth-order valence-corrected chi connectivity index (χ4v) is 5.14. The Morgan fingerprint density at radius 1 is 1.30 bits per heavy atom. The lowest BCUT2D eigenvalue weighted by atomic mass is 9.64. The predicted molar refractivity (Wildman–Crippen MR) is 103 cm³/mol. The van der Waals surface area contributed by atoms with Gasteiger partial charge in [0.15, 0.2) is 0 Å². The number of hydrogen-bond donors (Lipinski definition) is 2. The largest absolute Gasteiger partial charge is 0.381 e. The molecule has 2 heterocycles. The molecule has 0 aromatic heterocycles. The first kappa shape index (κ1) is 18.6. The highest BCUT2D eigenvalue weighted by atomic mass is 32.2. The zero-order chi connectivity index (χ0) is 19.1. The molecule has 148 valence electrons. The molecule has 2 N–H and O–H groups in total. The monoisotopic (exact) mass is 393 g/mol. The molecule has 7 nitrogen and oxygen atoms in total. The van der Waals surface area contributed by atoms with Crippen molar-refractivity contribution in [2.24, 2.45) is 11.3 Å². The van der Waals surface area contributed by atoms with Crippen molar-refractivity contribution in [1.29, 1.82) is 0 Å². The molecule has 1 aromatic carbocycles. The summed E-state index contributed by atoms with van der Waals surface area (Å²) in [6.45, 7) is 2.80. The molecule has 1 saturated carbocycles. The number of hydrogen-bond acceptors (Lipinski definition) is 4. The van der Waals surface area contributed by atoms with Gasteiger partial charge in [-0.1, -0.05) is 12.1 Å². The normalized spacial score (nSPS) is 24.3. The first-order chi connectivity index (χ1) is 12.9. The maximum atomic E-state index is 12.8. The van der Waals surface area contributed by atoms with Crippen LogP contribution in [0.15, 0.2) is 24.3 Å². The first-order valence-electron chi connectivity index (χ1n) is 9.55. The molecule has 2 amide bonds. The Morgan fingerprint density at radius 3 is 2.70 bits per heavy atom. The van der Waals surface area contributed by atoms with Crippen molar-refractivity contribution in [3.8, 4) is 0 Å². The summed E-state index contributed by atoms with van der Waals surface area (Å²) in [4.78, 5) is 14.8. The lowest BCUT2D eigenvalue weighted by Crippen LogP contribution is -2.70. The summed E-state index contributed by atoms with van der Waals surface area (Å²) in [5, 5.41) is 3.00. The second-order valence-electron chi connectivity index (χ2n) is 8.12. The molecule has 1 unspecified atom stereocenters. The average Bonchev–Trinajstić information content (AvgIpc) is 3.42. The number of ether oxygens (including phenoxy) is 1. The van der Waals surface area contributed by atoms with E-state index in [2.05, 4.69) is 10.0 Å². The van der Waals surface area contributed by atoms with E-state index in [1.54, 1.807) is 18.2 Å². The number of rotatable bonds is 5. The van der Waals surface area contributed by atoms with Gasteiger partial charge in [-0.25, -0.2) is 13.2 Å². The highest BCUT2D eigenvalue weighted by Crippen LogP contribution is 2.54. The van der Waals surface area contributed by atoms with Gasteiger partial charge in [-0.2, -0.15) is 0 Å². The summed E-state index contributed by atoms with van der Waals surface area (Å²) in [5.74, 6) is 0.643. The third-order valence-corrected chi connectivity index (χ3v) is 6.55. The van der Waals surface area contributed by atoms with Gasteiger partial charge < -0.3 is 15.0 Å². The second kappa shape index (κ2) is 6.98. The highest BCUT2D eigenvalue weighted by Gasteiger charge is 2.59. The van der Waals surface area contributed by atoms with E-state index >= 15 is 0 Å². The van der Waals surface area contributed by atoms with Crippen LogP contribution in [-0.2, 0) is 21.3 Å². The fraction of sp³-hybridized carbons (Fsp3) is 0.632. The van der Waals surface area contributed by atoms with Crippen LogP contribution < -0.4 is 10.0 Å². The molecule has 3 aliphatic rings. The quantitative estimate of drug-likeness (QED) is 0.802. The minimum atomic E-state index is -3.32. The first-order valence-corrected chi connectivity index (χ1v) is 11.4. The summed E-state index contributed by atoms with van der Waals surface area (Å²) in [6, 6.07) is 7.42. The standard InChI is InChI=1S/C19H27N3O4S/c1-27(24,25)21-16-4-2-3-14(11-16)12-20-18(23)22-13-19(7-9-26-10-8-19)17(22)15-5-6-15/h2-4,11,15,17,21H,5-10,12-13H2,1H3,(H,20,23). The minimum absolute atomic E-state index is 0.0227. The smallest absolute Gasteiger partial charge is 0.317 e. The van der Waals surface area contributed by atoms with E-state index in [4.69, 9.17) is 4.74 Å². The van der Waals surface area contributed by atoms with Crippen molar-refractivity contribution < 1.29 is 17.9 Å². The van der Waals surface area contributed by atoms with Crippen LogP contribution in [0.2, 0.25) is 0 Å². The van der Waals surface area contributed by atoms with Crippen molar-refractivity contribution in [3.63, 3.8) is 0 Å². The summed E-state index contributed by atoms with van der Waals surface area (Å²) in [7, 11) is -3.32. The van der Waals surface area contributed by atoms with Gasteiger partial charge in [-0.3, -0.25) is 4.72 Å². The molecule has 2 aliphatic heterocycles. The van der Waals surface area contributed by atoms with E-state index in [1.165, 1.54) is 12.8 Å². The van der Waals surface area contributed by atoms with Gasteiger partial charge in [-0.05, 0) is 49.3 Å². The van der Waals surface area contributed by atoms with E-state index in [9.17, 15) is 13.2 Å². The number of urea groups is 1. The molecule has 4 rings (SSSR count).